The van der Waals surface area contributed by atoms with Gasteiger partial charge in [0.05, 0.1) is 6.61 Å². The van der Waals surface area contributed by atoms with Crippen LogP contribution in [0.25, 0.3) is 0 Å². The molecule has 5 nitrogen and oxygen atoms in total. The Morgan fingerprint density at radius 3 is 2.62 bits per heavy atom. The van der Waals surface area contributed by atoms with Crippen LogP contribution in [0.1, 0.15) is 12.6 Å². The number of rotatable bonds is 6. The van der Waals surface area contributed by atoms with E-state index in [2.05, 4.69) is 20.6 Å². The third kappa shape index (κ3) is 5.00. The molecule has 2 aromatic rings. The summed E-state index contributed by atoms with van der Waals surface area (Å²) in [6.07, 6.45) is -2.69. The normalized spacial score (nSPS) is 12.8. The zero-order valence-electron chi connectivity index (χ0n) is 13.1. The summed E-state index contributed by atoms with van der Waals surface area (Å²) in [7, 11) is 0. The quantitative estimate of drug-likeness (QED) is 0.683. The summed E-state index contributed by atoms with van der Waals surface area (Å²) in [5, 5.41) is 14.5. The molecule has 0 aliphatic carbocycles. The first-order chi connectivity index (χ1) is 11.3. The monoisotopic (exact) mass is 358 g/mol. The van der Waals surface area contributed by atoms with Crippen LogP contribution in [0.4, 0.5) is 30.6 Å². The molecule has 0 saturated carbocycles. The van der Waals surface area contributed by atoms with Gasteiger partial charge in [-0.3, -0.25) is 0 Å². The minimum absolute atomic E-state index is 0.0169. The number of alkyl halides is 3. The minimum Gasteiger partial charge on any atom is -0.394 e. The summed E-state index contributed by atoms with van der Waals surface area (Å²) in [5.74, 6) is -0.182. The van der Waals surface area contributed by atoms with Crippen molar-refractivity contribution >= 4 is 29.2 Å². The molecule has 0 aliphatic rings. The lowest BCUT2D eigenvalue weighted by Gasteiger charge is -2.15. The molecule has 9 heteroatoms. The molecule has 1 atom stereocenters. The second-order valence-corrected chi connectivity index (χ2v) is 5.92. The number of aliphatic hydroxyl groups excluding tert-OH is 1. The highest BCUT2D eigenvalue weighted by Crippen LogP contribution is 2.31. The predicted octanol–water partition coefficient (Wildman–Crippen LogP) is 3.75. The SMILES string of the molecule is CSc1cccc(Nc2cc(C(F)(F)F)nc(N[C@@H](C)CO)n2)c1. The van der Waals surface area contributed by atoms with Crippen LogP contribution in [0, 0.1) is 0 Å². The number of aliphatic hydroxyl groups is 1. The van der Waals surface area contributed by atoms with E-state index in [0.29, 0.717) is 5.69 Å². The van der Waals surface area contributed by atoms with Crippen molar-refractivity contribution in [2.45, 2.75) is 24.0 Å². The topological polar surface area (TPSA) is 70.1 Å². The average molecular weight is 358 g/mol. The lowest BCUT2D eigenvalue weighted by molar-refractivity contribution is -0.141. The Hall–Kier alpha value is -2.00. The maximum Gasteiger partial charge on any atom is 0.433 e. The highest BCUT2D eigenvalue weighted by Gasteiger charge is 2.33. The number of thioether (sulfide) groups is 1. The largest absolute Gasteiger partial charge is 0.433 e. The van der Waals surface area contributed by atoms with E-state index in [1.165, 1.54) is 11.8 Å². The molecule has 0 radical (unpaired) electrons. The summed E-state index contributed by atoms with van der Waals surface area (Å²) in [6, 6.07) is 7.61. The van der Waals surface area contributed by atoms with E-state index in [0.717, 1.165) is 11.0 Å². The standard InChI is InChI=1S/C15H17F3N4OS/c1-9(8-23)19-14-21-12(15(16,17)18)7-13(22-14)20-10-4-3-5-11(6-10)24-2/h3-7,9,23H,8H2,1-2H3,(H2,19,20,21,22)/t9-/m0/s1. The maximum atomic E-state index is 13.0. The number of halogens is 3. The third-order valence-corrected chi connectivity index (χ3v) is 3.73. The van der Waals surface area contributed by atoms with Crippen LogP contribution in [0.5, 0.6) is 0 Å². The average Bonchev–Trinajstić information content (AvgIpc) is 2.53. The highest BCUT2D eigenvalue weighted by atomic mass is 32.2. The lowest BCUT2D eigenvalue weighted by atomic mass is 10.3. The van der Waals surface area contributed by atoms with Crippen LogP contribution in [-0.2, 0) is 6.18 Å². The number of anilines is 3. The molecule has 0 amide bonds. The lowest BCUT2D eigenvalue weighted by Crippen LogP contribution is -2.22. The third-order valence-electron chi connectivity index (χ3n) is 3.01. The Kier molecular flexibility index (Phi) is 5.89. The molecule has 0 bridgehead atoms. The van der Waals surface area contributed by atoms with Crippen molar-refractivity contribution in [2.75, 3.05) is 23.5 Å². The number of aromatic nitrogens is 2. The molecule has 1 heterocycles. The van der Waals surface area contributed by atoms with Crippen LogP contribution in [0.3, 0.4) is 0 Å². The van der Waals surface area contributed by atoms with Crippen LogP contribution in [0.2, 0.25) is 0 Å². The van der Waals surface area contributed by atoms with Gasteiger partial charge in [-0.1, -0.05) is 6.07 Å². The summed E-state index contributed by atoms with van der Waals surface area (Å²) in [5.41, 5.74) is -0.441. The van der Waals surface area contributed by atoms with Crippen molar-refractivity contribution in [1.29, 1.82) is 0 Å². The van der Waals surface area contributed by atoms with Gasteiger partial charge in [-0.2, -0.15) is 18.2 Å². The molecule has 0 aliphatic heterocycles. The second kappa shape index (κ2) is 7.71. The van der Waals surface area contributed by atoms with Gasteiger partial charge in [0, 0.05) is 22.7 Å². The van der Waals surface area contributed by atoms with Crippen molar-refractivity contribution in [1.82, 2.24) is 9.97 Å². The first-order valence-electron chi connectivity index (χ1n) is 7.06. The molecule has 2 rings (SSSR count). The molecular weight excluding hydrogens is 341 g/mol. The molecule has 3 N–H and O–H groups in total. The molecule has 1 aromatic heterocycles. The van der Waals surface area contributed by atoms with Gasteiger partial charge >= 0.3 is 6.18 Å². The molecule has 0 fully saturated rings. The van der Waals surface area contributed by atoms with E-state index in [1.807, 2.05) is 18.4 Å². The Morgan fingerprint density at radius 1 is 1.25 bits per heavy atom. The second-order valence-electron chi connectivity index (χ2n) is 5.04. The van der Waals surface area contributed by atoms with Crippen molar-refractivity contribution in [3.63, 3.8) is 0 Å². The van der Waals surface area contributed by atoms with Crippen molar-refractivity contribution in [2.24, 2.45) is 0 Å². The summed E-state index contributed by atoms with van der Waals surface area (Å²) in [4.78, 5) is 8.47. The first-order valence-corrected chi connectivity index (χ1v) is 8.29. The number of nitrogens with one attached hydrogen (secondary N) is 2. The Labute approximate surface area is 141 Å². The first kappa shape index (κ1) is 18.3. The Bertz CT molecular complexity index is 697. The fraction of sp³-hybridized carbons (Fsp3) is 0.333. The zero-order chi connectivity index (χ0) is 17.7. The minimum atomic E-state index is -4.60. The van der Waals surface area contributed by atoms with E-state index in [-0.39, 0.29) is 18.4 Å². The van der Waals surface area contributed by atoms with Crippen molar-refractivity contribution in [3.8, 4) is 0 Å². The highest BCUT2D eigenvalue weighted by molar-refractivity contribution is 7.98. The van der Waals surface area contributed by atoms with Gasteiger partial charge in [-0.25, -0.2) is 4.98 Å². The Balaban J connectivity index is 2.34. The smallest absolute Gasteiger partial charge is 0.394 e. The number of hydrogen-bond donors (Lipinski definition) is 3. The molecule has 0 spiro atoms. The number of hydrogen-bond acceptors (Lipinski definition) is 6. The van der Waals surface area contributed by atoms with Crippen LogP contribution < -0.4 is 10.6 Å². The molecule has 0 saturated heterocycles. The van der Waals surface area contributed by atoms with Gasteiger partial charge in [-0.15, -0.1) is 11.8 Å². The number of benzene rings is 1. The summed E-state index contributed by atoms with van der Waals surface area (Å²) < 4.78 is 39.1. The van der Waals surface area contributed by atoms with Gasteiger partial charge in [0.25, 0.3) is 0 Å². The van der Waals surface area contributed by atoms with E-state index in [9.17, 15) is 13.2 Å². The molecule has 130 valence electrons. The summed E-state index contributed by atoms with van der Waals surface area (Å²) >= 11 is 1.52. The van der Waals surface area contributed by atoms with Crippen LogP contribution in [-0.4, -0.2) is 34.0 Å². The van der Waals surface area contributed by atoms with Crippen LogP contribution in [0.15, 0.2) is 35.2 Å². The zero-order valence-corrected chi connectivity index (χ0v) is 13.9. The maximum absolute atomic E-state index is 13.0. The van der Waals surface area contributed by atoms with Gasteiger partial charge in [-0.05, 0) is 31.4 Å². The van der Waals surface area contributed by atoms with Gasteiger partial charge < -0.3 is 15.7 Å². The van der Waals surface area contributed by atoms with E-state index < -0.39 is 17.9 Å². The molecule has 24 heavy (non-hydrogen) atoms. The van der Waals surface area contributed by atoms with E-state index in [4.69, 9.17) is 5.11 Å². The van der Waals surface area contributed by atoms with E-state index >= 15 is 0 Å². The van der Waals surface area contributed by atoms with Gasteiger partial charge in [0.2, 0.25) is 5.95 Å². The summed E-state index contributed by atoms with van der Waals surface area (Å²) in [6.45, 7) is 1.36. The van der Waals surface area contributed by atoms with Crippen molar-refractivity contribution in [3.05, 3.63) is 36.0 Å². The van der Waals surface area contributed by atoms with E-state index in [1.54, 1.807) is 19.1 Å². The van der Waals surface area contributed by atoms with Crippen molar-refractivity contribution < 1.29 is 18.3 Å². The molecule has 1 aromatic carbocycles. The van der Waals surface area contributed by atoms with Crippen LogP contribution >= 0.6 is 11.8 Å². The Morgan fingerprint density at radius 2 is 2.00 bits per heavy atom. The fourth-order valence-electron chi connectivity index (χ4n) is 1.84. The van der Waals surface area contributed by atoms with Gasteiger partial charge in [0.15, 0.2) is 5.69 Å². The number of nitrogens with zero attached hydrogens (tertiary/aromatic N) is 2. The molecular formula is C15H17F3N4OS. The van der Waals surface area contributed by atoms with Gasteiger partial charge in [0.1, 0.15) is 5.82 Å². The predicted molar refractivity (Wildman–Crippen MR) is 88.7 cm³/mol. The molecule has 0 unspecified atom stereocenters. The fourth-order valence-corrected chi connectivity index (χ4v) is 2.30.